The van der Waals surface area contributed by atoms with Crippen molar-refractivity contribution in [3.05, 3.63) is 192 Å². The van der Waals surface area contributed by atoms with E-state index in [-0.39, 0.29) is 6.04 Å². The summed E-state index contributed by atoms with van der Waals surface area (Å²) < 4.78 is 6.37. The van der Waals surface area contributed by atoms with Crippen LogP contribution in [-0.4, -0.2) is 10.8 Å². The summed E-state index contributed by atoms with van der Waals surface area (Å²) >= 11 is 0. The molecule has 0 saturated carbocycles. The maximum atomic E-state index is 6.37. The number of pyridine rings is 1. The summed E-state index contributed by atoms with van der Waals surface area (Å²) in [7, 11) is 0. The fourth-order valence-electron chi connectivity index (χ4n) is 7.04. The molecule has 3 heterocycles. The van der Waals surface area contributed by atoms with Crippen LogP contribution in [0.2, 0.25) is 0 Å². The molecule has 50 heavy (non-hydrogen) atoms. The summed E-state index contributed by atoms with van der Waals surface area (Å²) in [5, 5.41) is 5.77. The molecule has 8 aromatic rings. The summed E-state index contributed by atoms with van der Waals surface area (Å²) in [6.07, 6.45) is 1.83. The number of furan rings is 1. The molecule has 0 fully saturated rings. The lowest BCUT2D eigenvalue weighted by Crippen LogP contribution is -2.33. The normalized spacial score (nSPS) is 14.5. The number of amidine groups is 1. The monoisotopic (exact) mass is 643 g/mol. The number of aromatic nitrogens is 1. The quantitative estimate of drug-likeness (QED) is 0.196. The number of hydrogen-bond donors (Lipinski definition) is 1. The second-order valence-electron chi connectivity index (χ2n) is 12.7. The lowest BCUT2D eigenvalue weighted by atomic mass is 9.93. The van der Waals surface area contributed by atoms with E-state index >= 15 is 0 Å². The number of nitrogens with one attached hydrogen (secondary N) is 1. The van der Waals surface area contributed by atoms with Gasteiger partial charge in [-0.2, -0.15) is 0 Å². The van der Waals surface area contributed by atoms with E-state index in [0.29, 0.717) is 0 Å². The molecule has 4 nitrogen and oxygen atoms in total. The molecule has 1 aliphatic heterocycles. The number of fused-ring (bicyclic) bond motifs is 3. The summed E-state index contributed by atoms with van der Waals surface area (Å²) in [6, 6.07) is 57.1. The van der Waals surface area contributed by atoms with E-state index < -0.39 is 0 Å². The van der Waals surface area contributed by atoms with Crippen molar-refractivity contribution in [2.24, 2.45) is 4.99 Å². The van der Waals surface area contributed by atoms with Gasteiger partial charge in [0.15, 0.2) is 0 Å². The predicted molar refractivity (Wildman–Crippen MR) is 206 cm³/mol. The Balaban J connectivity index is 1.11. The van der Waals surface area contributed by atoms with E-state index in [1.165, 1.54) is 22.3 Å². The molecular formula is C46H33N3O. The molecule has 0 saturated heterocycles. The van der Waals surface area contributed by atoms with Gasteiger partial charge in [-0.15, -0.1) is 0 Å². The summed E-state index contributed by atoms with van der Waals surface area (Å²) in [6.45, 7) is 2.17. The highest BCUT2D eigenvalue weighted by atomic mass is 16.3. The zero-order chi connectivity index (χ0) is 33.4. The molecule has 0 bridgehead atoms. The van der Waals surface area contributed by atoms with Gasteiger partial charge in [0.2, 0.25) is 0 Å². The largest absolute Gasteiger partial charge is 0.456 e. The van der Waals surface area contributed by atoms with Gasteiger partial charge in [0.1, 0.15) is 17.0 Å². The highest BCUT2D eigenvalue weighted by molar-refractivity contribution is 6.12. The van der Waals surface area contributed by atoms with Crippen molar-refractivity contribution in [1.82, 2.24) is 10.3 Å². The molecule has 1 N–H and O–H groups in total. The van der Waals surface area contributed by atoms with Crippen molar-refractivity contribution in [1.29, 1.82) is 0 Å². The molecule has 0 aliphatic carbocycles. The Bertz CT molecular complexity index is 2550. The van der Waals surface area contributed by atoms with Crippen LogP contribution in [0, 0.1) is 0 Å². The molecule has 0 spiro atoms. The second-order valence-corrected chi connectivity index (χ2v) is 12.7. The van der Waals surface area contributed by atoms with E-state index in [9.17, 15) is 0 Å². The van der Waals surface area contributed by atoms with Gasteiger partial charge in [-0.1, -0.05) is 140 Å². The molecule has 0 amide bonds. The number of aliphatic imine (C=N–C) groups is 1. The Morgan fingerprint density at radius 2 is 1.12 bits per heavy atom. The molecular weight excluding hydrogens is 611 g/mol. The Hall–Kier alpha value is -6.52. The van der Waals surface area contributed by atoms with E-state index in [2.05, 4.69) is 158 Å². The van der Waals surface area contributed by atoms with Crippen molar-refractivity contribution >= 4 is 33.5 Å². The first kappa shape index (κ1) is 29.6. The zero-order valence-corrected chi connectivity index (χ0v) is 27.5. The molecule has 9 rings (SSSR count). The van der Waals surface area contributed by atoms with Crippen molar-refractivity contribution in [3.63, 3.8) is 0 Å². The molecule has 1 unspecified atom stereocenters. The van der Waals surface area contributed by atoms with Crippen molar-refractivity contribution in [2.75, 3.05) is 0 Å². The standard InChI is InChI=1S/C46H33N3O/c1-30-43(32-14-7-3-8-15-32)48-46(35-16-9-4-10-17-35)49-44(30)33-20-22-34(23-21-33)45-42-39-29-38(24-25-40(39)50-41(42)26-27-47-45)37-19-11-18-36(28-37)31-12-5-2-6-13-31/h2-29,43H,1H3,(H,48,49). The van der Waals surface area contributed by atoms with Gasteiger partial charge in [0, 0.05) is 28.3 Å². The van der Waals surface area contributed by atoms with E-state index in [1.54, 1.807) is 0 Å². The molecule has 4 heteroatoms. The lowest BCUT2D eigenvalue weighted by molar-refractivity contribution is 0.668. The van der Waals surface area contributed by atoms with Gasteiger partial charge in [-0.05, 0) is 64.6 Å². The molecule has 1 aliphatic rings. The second kappa shape index (κ2) is 12.5. The third-order valence-corrected chi connectivity index (χ3v) is 9.61. The maximum Gasteiger partial charge on any atom is 0.139 e. The molecule has 238 valence electrons. The zero-order valence-electron chi connectivity index (χ0n) is 27.5. The van der Waals surface area contributed by atoms with Gasteiger partial charge in [0.25, 0.3) is 0 Å². The minimum absolute atomic E-state index is 0.00822. The lowest BCUT2D eigenvalue weighted by Gasteiger charge is -2.29. The average Bonchev–Trinajstić information content (AvgIpc) is 3.57. The molecule has 2 aromatic heterocycles. The van der Waals surface area contributed by atoms with Gasteiger partial charge >= 0.3 is 0 Å². The van der Waals surface area contributed by atoms with Gasteiger partial charge in [-0.25, -0.2) is 4.99 Å². The average molecular weight is 644 g/mol. The number of nitrogens with zero attached hydrogens (tertiary/aromatic N) is 2. The fraction of sp³-hybridized carbons (Fsp3) is 0.0435. The first-order valence-corrected chi connectivity index (χ1v) is 16.9. The number of rotatable bonds is 6. The highest BCUT2D eigenvalue weighted by Crippen LogP contribution is 2.39. The minimum Gasteiger partial charge on any atom is -0.456 e. The predicted octanol–water partition coefficient (Wildman–Crippen LogP) is 11.5. The summed E-state index contributed by atoms with van der Waals surface area (Å²) in [5.74, 6) is 0.866. The Labute approximate surface area is 291 Å². The Kier molecular flexibility index (Phi) is 7.40. The van der Waals surface area contributed by atoms with Crippen LogP contribution in [0.3, 0.4) is 0 Å². The van der Waals surface area contributed by atoms with Crippen LogP contribution in [0.15, 0.2) is 185 Å². The van der Waals surface area contributed by atoms with Crippen LogP contribution in [0.4, 0.5) is 0 Å². The van der Waals surface area contributed by atoms with Gasteiger partial charge < -0.3 is 9.73 Å². The van der Waals surface area contributed by atoms with Crippen molar-refractivity contribution in [2.45, 2.75) is 13.0 Å². The SMILES string of the molecule is CC1=C(c2ccc(-c3nccc4oc5ccc(-c6cccc(-c7ccccc7)c6)cc5c34)cc2)N=C(c2ccccc2)NC1c1ccccc1. The van der Waals surface area contributed by atoms with E-state index in [4.69, 9.17) is 14.4 Å². The van der Waals surface area contributed by atoms with Crippen LogP contribution in [0.25, 0.3) is 61.1 Å². The first-order chi connectivity index (χ1) is 24.7. The first-order valence-electron chi connectivity index (χ1n) is 16.9. The van der Waals surface area contributed by atoms with Gasteiger partial charge in [0.05, 0.1) is 22.8 Å². The van der Waals surface area contributed by atoms with Crippen LogP contribution in [-0.2, 0) is 0 Å². The third-order valence-electron chi connectivity index (χ3n) is 9.61. The van der Waals surface area contributed by atoms with Crippen LogP contribution in [0.1, 0.15) is 29.7 Å². The Morgan fingerprint density at radius 3 is 1.86 bits per heavy atom. The van der Waals surface area contributed by atoms with Gasteiger partial charge in [-0.3, -0.25) is 4.98 Å². The number of benzene rings is 6. The molecule has 6 aromatic carbocycles. The van der Waals surface area contributed by atoms with Crippen LogP contribution in [0.5, 0.6) is 0 Å². The molecule has 0 radical (unpaired) electrons. The van der Waals surface area contributed by atoms with E-state index in [1.807, 2.05) is 24.4 Å². The summed E-state index contributed by atoms with van der Waals surface area (Å²) in [5.41, 5.74) is 13.8. The third kappa shape index (κ3) is 5.37. The Morgan fingerprint density at radius 1 is 0.520 bits per heavy atom. The number of hydrogen-bond acceptors (Lipinski definition) is 4. The molecule has 1 atom stereocenters. The maximum absolute atomic E-state index is 6.37. The smallest absolute Gasteiger partial charge is 0.139 e. The van der Waals surface area contributed by atoms with Crippen LogP contribution < -0.4 is 5.32 Å². The fourth-order valence-corrected chi connectivity index (χ4v) is 7.04. The van der Waals surface area contributed by atoms with Crippen LogP contribution >= 0.6 is 0 Å². The van der Waals surface area contributed by atoms with Crippen molar-refractivity contribution < 1.29 is 4.42 Å². The topological polar surface area (TPSA) is 50.4 Å². The van der Waals surface area contributed by atoms with Crippen molar-refractivity contribution in [3.8, 4) is 33.5 Å². The summed E-state index contributed by atoms with van der Waals surface area (Å²) in [4.78, 5) is 10.1. The minimum atomic E-state index is 0.00822. The highest BCUT2D eigenvalue weighted by Gasteiger charge is 2.25. The van der Waals surface area contributed by atoms with E-state index in [0.717, 1.165) is 67.0 Å².